The van der Waals surface area contributed by atoms with Crippen molar-refractivity contribution >= 4 is 11.9 Å². The lowest BCUT2D eigenvalue weighted by molar-refractivity contribution is -0.144. The van der Waals surface area contributed by atoms with E-state index >= 15 is 0 Å². The van der Waals surface area contributed by atoms with Crippen LogP contribution in [0.2, 0.25) is 0 Å². The van der Waals surface area contributed by atoms with Crippen LogP contribution in [0.4, 0.5) is 0 Å². The van der Waals surface area contributed by atoms with Crippen molar-refractivity contribution in [2.45, 2.75) is 32.2 Å². The smallest absolute Gasteiger partial charge is 0.329 e. The predicted octanol–water partition coefficient (Wildman–Crippen LogP) is 0.793. The van der Waals surface area contributed by atoms with Crippen LogP contribution in [-0.2, 0) is 11.8 Å². The summed E-state index contributed by atoms with van der Waals surface area (Å²) in [5, 5.41) is 15.6. The van der Waals surface area contributed by atoms with Gasteiger partial charge in [-0.05, 0) is 12.8 Å². The minimum Gasteiger partial charge on any atom is -0.480 e. The molecule has 0 fully saturated rings. The van der Waals surface area contributed by atoms with Gasteiger partial charge >= 0.3 is 5.97 Å². The second-order valence-electron chi connectivity index (χ2n) is 3.95. The fourth-order valence-corrected chi connectivity index (χ4v) is 1.61. The maximum absolute atomic E-state index is 11.9. The van der Waals surface area contributed by atoms with Crippen LogP contribution in [-0.4, -0.2) is 32.3 Å². The van der Waals surface area contributed by atoms with Gasteiger partial charge in [0.05, 0.1) is 11.8 Å². The van der Waals surface area contributed by atoms with Crippen LogP contribution in [0, 0.1) is 0 Å². The number of amides is 1. The molecule has 0 spiro atoms. The van der Waals surface area contributed by atoms with E-state index in [1.165, 1.54) is 10.9 Å². The molecule has 1 aromatic rings. The summed E-state index contributed by atoms with van der Waals surface area (Å²) < 4.78 is 1.50. The standard InChI is InChI=1S/C11H17N3O3/c1-4-11(5-2,10(16)17)13-9(15)8-6-12-14(3)7-8/h6-7H,4-5H2,1-3H3,(H,13,15)(H,16,17). The van der Waals surface area contributed by atoms with Gasteiger partial charge in [-0.1, -0.05) is 13.8 Å². The normalized spacial score (nSPS) is 11.2. The maximum Gasteiger partial charge on any atom is 0.329 e. The van der Waals surface area contributed by atoms with Crippen LogP contribution < -0.4 is 5.32 Å². The van der Waals surface area contributed by atoms with Crippen LogP contribution in [0.3, 0.4) is 0 Å². The van der Waals surface area contributed by atoms with Crippen molar-refractivity contribution in [1.29, 1.82) is 0 Å². The monoisotopic (exact) mass is 239 g/mol. The van der Waals surface area contributed by atoms with Crippen LogP contribution in [0.5, 0.6) is 0 Å². The summed E-state index contributed by atoms with van der Waals surface area (Å²) in [5.74, 6) is -1.43. The van der Waals surface area contributed by atoms with Gasteiger partial charge in [0, 0.05) is 13.2 Å². The highest BCUT2D eigenvalue weighted by Gasteiger charge is 2.36. The summed E-state index contributed by atoms with van der Waals surface area (Å²) in [6.45, 7) is 3.47. The molecule has 1 heterocycles. The molecule has 0 bridgehead atoms. The van der Waals surface area contributed by atoms with Crippen molar-refractivity contribution in [3.05, 3.63) is 18.0 Å². The highest BCUT2D eigenvalue weighted by molar-refractivity contribution is 5.97. The molecule has 1 aromatic heterocycles. The Balaban J connectivity index is 2.88. The molecule has 0 saturated carbocycles. The van der Waals surface area contributed by atoms with E-state index in [-0.39, 0.29) is 0 Å². The zero-order valence-corrected chi connectivity index (χ0v) is 10.2. The topological polar surface area (TPSA) is 84.2 Å². The number of hydrogen-bond acceptors (Lipinski definition) is 3. The van der Waals surface area contributed by atoms with Crippen LogP contribution in [0.25, 0.3) is 0 Å². The number of carboxylic acids is 1. The summed E-state index contributed by atoms with van der Waals surface area (Å²) >= 11 is 0. The molecule has 0 atom stereocenters. The lowest BCUT2D eigenvalue weighted by atomic mass is 9.92. The Bertz CT molecular complexity index is 421. The summed E-state index contributed by atoms with van der Waals surface area (Å²) in [6, 6.07) is 0. The van der Waals surface area contributed by atoms with E-state index in [1.54, 1.807) is 27.1 Å². The minimum atomic E-state index is -1.20. The van der Waals surface area contributed by atoms with Crippen LogP contribution in [0.1, 0.15) is 37.0 Å². The Labute approximate surface area is 99.6 Å². The second-order valence-corrected chi connectivity index (χ2v) is 3.95. The van der Waals surface area contributed by atoms with E-state index in [0.717, 1.165) is 0 Å². The highest BCUT2D eigenvalue weighted by atomic mass is 16.4. The molecule has 1 amide bonds. The SMILES string of the molecule is CCC(CC)(NC(=O)c1cnn(C)c1)C(=O)O. The number of nitrogens with one attached hydrogen (secondary N) is 1. The van der Waals surface area contributed by atoms with Gasteiger partial charge in [0.2, 0.25) is 0 Å². The van der Waals surface area contributed by atoms with Crippen LogP contribution in [0.15, 0.2) is 12.4 Å². The zero-order chi connectivity index (χ0) is 13.1. The molecule has 0 unspecified atom stereocenters. The summed E-state index contributed by atoms with van der Waals surface area (Å²) in [4.78, 5) is 23.1. The number of nitrogens with zero attached hydrogens (tertiary/aromatic N) is 2. The molecule has 0 aliphatic carbocycles. The Morgan fingerprint density at radius 3 is 2.41 bits per heavy atom. The quantitative estimate of drug-likeness (QED) is 0.795. The molecule has 0 aliphatic heterocycles. The predicted molar refractivity (Wildman–Crippen MR) is 61.6 cm³/mol. The minimum absolute atomic E-state index is 0.338. The van der Waals surface area contributed by atoms with Gasteiger partial charge in [-0.3, -0.25) is 9.48 Å². The molecule has 2 N–H and O–H groups in total. The largest absolute Gasteiger partial charge is 0.480 e. The summed E-state index contributed by atoms with van der Waals surface area (Å²) in [7, 11) is 1.70. The number of aliphatic carboxylic acids is 1. The molecule has 1 rings (SSSR count). The Morgan fingerprint density at radius 2 is 2.06 bits per heavy atom. The second kappa shape index (κ2) is 4.99. The number of carbonyl (C=O) groups excluding carboxylic acids is 1. The Kier molecular flexibility index (Phi) is 3.88. The molecule has 0 radical (unpaired) electrons. The van der Waals surface area contributed by atoms with Crippen molar-refractivity contribution in [3.63, 3.8) is 0 Å². The third-order valence-corrected chi connectivity index (χ3v) is 2.94. The summed E-state index contributed by atoms with van der Waals surface area (Å²) in [5.41, 5.74) is -0.840. The van der Waals surface area contributed by atoms with Gasteiger partial charge in [0.15, 0.2) is 0 Å². The molecule has 94 valence electrons. The average Bonchev–Trinajstić information content (AvgIpc) is 2.72. The maximum atomic E-state index is 11.9. The van der Waals surface area contributed by atoms with Gasteiger partial charge in [-0.15, -0.1) is 0 Å². The average molecular weight is 239 g/mol. The first-order chi connectivity index (χ1) is 7.95. The van der Waals surface area contributed by atoms with Gasteiger partial charge in [0.25, 0.3) is 5.91 Å². The zero-order valence-electron chi connectivity index (χ0n) is 10.2. The molecule has 6 heteroatoms. The van der Waals surface area contributed by atoms with E-state index < -0.39 is 17.4 Å². The number of aromatic nitrogens is 2. The van der Waals surface area contributed by atoms with E-state index in [2.05, 4.69) is 10.4 Å². The molecule has 0 aliphatic rings. The molecule has 0 saturated heterocycles. The van der Waals surface area contributed by atoms with Crippen molar-refractivity contribution in [3.8, 4) is 0 Å². The lowest BCUT2D eigenvalue weighted by Crippen LogP contribution is -2.53. The van der Waals surface area contributed by atoms with E-state index in [4.69, 9.17) is 0 Å². The van der Waals surface area contributed by atoms with Gasteiger partial charge in [0.1, 0.15) is 5.54 Å². The van der Waals surface area contributed by atoms with Crippen LogP contribution >= 0.6 is 0 Å². The number of carbonyl (C=O) groups is 2. The molecule has 0 aromatic carbocycles. The highest BCUT2D eigenvalue weighted by Crippen LogP contribution is 2.16. The first-order valence-corrected chi connectivity index (χ1v) is 5.49. The van der Waals surface area contributed by atoms with Crippen molar-refractivity contribution in [2.75, 3.05) is 0 Å². The molecule has 17 heavy (non-hydrogen) atoms. The van der Waals surface area contributed by atoms with E-state index in [1.807, 2.05) is 0 Å². The number of carboxylic acid groups (broad SMARTS) is 1. The third-order valence-electron chi connectivity index (χ3n) is 2.94. The molecular weight excluding hydrogens is 222 g/mol. The molecule has 6 nitrogen and oxygen atoms in total. The Hall–Kier alpha value is -1.85. The number of rotatable bonds is 5. The number of aryl methyl sites for hydroxylation is 1. The number of hydrogen-bond donors (Lipinski definition) is 2. The lowest BCUT2D eigenvalue weighted by Gasteiger charge is -2.27. The van der Waals surface area contributed by atoms with Crippen molar-refractivity contribution in [2.24, 2.45) is 7.05 Å². The first kappa shape index (κ1) is 13.2. The van der Waals surface area contributed by atoms with E-state index in [0.29, 0.717) is 18.4 Å². The van der Waals surface area contributed by atoms with Crippen molar-refractivity contribution in [1.82, 2.24) is 15.1 Å². The summed E-state index contributed by atoms with van der Waals surface area (Å²) in [6.07, 6.45) is 3.64. The van der Waals surface area contributed by atoms with Gasteiger partial charge in [-0.2, -0.15) is 5.10 Å². The van der Waals surface area contributed by atoms with Crippen molar-refractivity contribution < 1.29 is 14.7 Å². The fraction of sp³-hybridized carbons (Fsp3) is 0.545. The van der Waals surface area contributed by atoms with Gasteiger partial charge in [-0.25, -0.2) is 4.79 Å². The van der Waals surface area contributed by atoms with E-state index in [9.17, 15) is 14.7 Å². The third kappa shape index (κ3) is 2.64. The van der Waals surface area contributed by atoms with Gasteiger partial charge < -0.3 is 10.4 Å². The Morgan fingerprint density at radius 1 is 1.47 bits per heavy atom. The first-order valence-electron chi connectivity index (χ1n) is 5.49. The molecular formula is C11H17N3O3. The fourth-order valence-electron chi connectivity index (χ4n) is 1.61.